The van der Waals surface area contributed by atoms with Gasteiger partial charge in [0.05, 0.1) is 0 Å². The van der Waals surface area contributed by atoms with Crippen molar-refractivity contribution in [3.05, 3.63) is 18.2 Å². The van der Waals surface area contributed by atoms with Crippen molar-refractivity contribution in [2.75, 3.05) is 0 Å². The summed E-state index contributed by atoms with van der Waals surface area (Å²) in [6.45, 7) is 0. The number of aromatic hydroxyl groups is 1. The van der Waals surface area contributed by atoms with E-state index < -0.39 is 7.12 Å². The molecule has 0 unspecified atom stereocenters. The summed E-state index contributed by atoms with van der Waals surface area (Å²) in [6, 6.07) is 5.04. The fraction of sp³-hybridized carbons (Fsp3) is 0. The third-order valence-corrected chi connectivity index (χ3v) is 3.74. The summed E-state index contributed by atoms with van der Waals surface area (Å²) in [4.78, 5) is 0.429. The second-order valence-electron chi connectivity index (χ2n) is 2.84. The van der Waals surface area contributed by atoms with E-state index in [0.29, 0.717) is 15.1 Å². The predicted molar refractivity (Wildman–Crippen MR) is 60.6 cm³/mol. The van der Waals surface area contributed by atoms with Crippen LogP contribution in [0.25, 0.3) is 10.1 Å². The Bertz CT molecular complexity index is 481. The first kappa shape index (κ1) is 9.85. The van der Waals surface area contributed by atoms with Crippen molar-refractivity contribution in [2.45, 2.75) is 4.90 Å². The maximum absolute atomic E-state index is 9.54. The normalized spacial score (nSPS) is 10.8. The van der Waals surface area contributed by atoms with Crippen LogP contribution in [0.2, 0.25) is 0 Å². The van der Waals surface area contributed by atoms with E-state index in [0.717, 1.165) is 4.70 Å². The van der Waals surface area contributed by atoms with Crippen LogP contribution in [0.4, 0.5) is 0 Å². The highest BCUT2D eigenvalue weighted by Crippen LogP contribution is 2.33. The van der Waals surface area contributed by atoms with Crippen molar-refractivity contribution in [2.24, 2.45) is 0 Å². The van der Waals surface area contributed by atoms with Gasteiger partial charge in [-0.25, -0.2) is 0 Å². The zero-order valence-corrected chi connectivity index (χ0v) is 8.72. The SMILES string of the molecule is OB(O)c1sc2cccc(O)c2c1S. The van der Waals surface area contributed by atoms with Crippen LogP contribution in [0.3, 0.4) is 0 Å². The van der Waals surface area contributed by atoms with Gasteiger partial charge in [-0.3, -0.25) is 0 Å². The van der Waals surface area contributed by atoms with E-state index in [1.807, 2.05) is 0 Å². The minimum atomic E-state index is -1.54. The van der Waals surface area contributed by atoms with Gasteiger partial charge < -0.3 is 15.2 Å². The highest BCUT2D eigenvalue weighted by molar-refractivity contribution is 7.81. The first-order valence-electron chi connectivity index (χ1n) is 3.90. The lowest BCUT2D eigenvalue weighted by molar-refractivity contribution is 0.426. The molecule has 1 aromatic heterocycles. The van der Waals surface area contributed by atoms with Crippen LogP contribution in [0.15, 0.2) is 23.1 Å². The maximum atomic E-state index is 9.54. The summed E-state index contributed by atoms with van der Waals surface area (Å²) in [6.07, 6.45) is 0. The van der Waals surface area contributed by atoms with Gasteiger partial charge >= 0.3 is 7.12 Å². The third kappa shape index (κ3) is 1.40. The van der Waals surface area contributed by atoms with E-state index in [1.165, 1.54) is 11.3 Å². The molecule has 2 rings (SSSR count). The first-order valence-corrected chi connectivity index (χ1v) is 5.17. The number of rotatable bonds is 1. The lowest BCUT2D eigenvalue weighted by Gasteiger charge is -1.96. The van der Waals surface area contributed by atoms with Crippen molar-refractivity contribution in [1.29, 1.82) is 0 Å². The van der Waals surface area contributed by atoms with E-state index >= 15 is 0 Å². The molecular weight excluding hydrogens is 219 g/mol. The van der Waals surface area contributed by atoms with Gasteiger partial charge in [-0.1, -0.05) is 6.07 Å². The fourth-order valence-electron chi connectivity index (χ4n) is 1.31. The van der Waals surface area contributed by atoms with Crippen LogP contribution < -0.4 is 4.78 Å². The Morgan fingerprint density at radius 2 is 2.00 bits per heavy atom. The van der Waals surface area contributed by atoms with Crippen LogP contribution in [0, 0.1) is 0 Å². The molecule has 0 atom stereocenters. The molecule has 1 aromatic carbocycles. The largest absolute Gasteiger partial charge is 0.507 e. The topological polar surface area (TPSA) is 60.7 Å². The minimum absolute atomic E-state index is 0.107. The number of benzene rings is 1. The highest BCUT2D eigenvalue weighted by Gasteiger charge is 2.21. The summed E-state index contributed by atoms with van der Waals surface area (Å²) in [5, 5.41) is 28.2. The quantitative estimate of drug-likeness (QED) is 0.425. The first-order chi connectivity index (χ1) is 6.61. The molecule has 14 heavy (non-hydrogen) atoms. The minimum Gasteiger partial charge on any atom is -0.507 e. The summed E-state index contributed by atoms with van der Waals surface area (Å²) in [5.41, 5.74) is 0. The summed E-state index contributed by atoms with van der Waals surface area (Å²) >= 11 is 5.36. The smallest absolute Gasteiger partial charge is 0.500 e. The van der Waals surface area contributed by atoms with Gasteiger partial charge in [-0.05, 0) is 12.1 Å². The number of hydrogen-bond donors (Lipinski definition) is 4. The average Bonchev–Trinajstić information content (AvgIpc) is 2.45. The van der Waals surface area contributed by atoms with Crippen LogP contribution in [0.5, 0.6) is 5.75 Å². The van der Waals surface area contributed by atoms with Gasteiger partial charge in [0.2, 0.25) is 0 Å². The van der Waals surface area contributed by atoms with Crippen LogP contribution >= 0.6 is 24.0 Å². The number of phenols is 1. The van der Waals surface area contributed by atoms with Gasteiger partial charge in [0.25, 0.3) is 0 Å². The molecule has 0 saturated heterocycles. The Morgan fingerprint density at radius 1 is 1.29 bits per heavy atom. The summed E-state index contributed by atoms with van der Waals surface area (Å²) < 4.78 is 1.14. The van der Waals surface area contributed by atoms with Crippen LogP contribution in [-0.4, -0.2) is 22.3 Å². The molecule has 1 heterocycles. The Hall–Kier alpha value is -0.685. The molecule has 0 spiro atoms. The molecule has 6 heteroatoms. The van der Waals surface area contributed by atoms with Gasteiger partial charge in [-0.2, -0.15) is 0 Å². The van der Waals surface area contributed by atoms with E-state index in [4.69, 9.17) is 10.0 Å². The lowest BCUT2D eigenvalue weighted by atomic mass is 9.89. The zero-order valence-electron chi connectivity index (χ0n) is 7.01. The van der Waals surface area contributed by atoms with E-state index in [9.17, 15) is 5.11 Å². The number of fused-ring (bicyclic) bond motifs is 1. The third-order valence-electron chi connectivity index (χ3n) is 1.93. The number of phenolic OH excluding ortho intramolecular Hbond substituents is 1. The molecule has 0 fully saturated rings. The van der Waals surface area contributed by atoms with Crippen molar-refractivity contribution < 1.29 is 15.2 Å². The monoisotopic (exact) mass is 226 g/mol. The summed E-state index contributed by atoms with van der Waals surface area (Å²) in [7, 11) is -1.54. The van der Waals surface area contributed by atoms with Gasteiger partial charge in [0.1, 0.15) is 5.75 Å². The molecule has 3 nitrogen and oxygen atoms in total. The Balaban J connectivity index is 2.81. The molecule has 0 saturated carbocycles. The molecule has 2 aromatic rings. The molecule has 0 radical (unpaired) electrons. The predicted octanol–water partition coefficient (Wildman–Crippen LogP) is 0.575. The fourth-order valence-corrected chi connectivity index (χ4v) is 2.87. The Morgan fingerprint density at radius 3 is 2.57 bits per heavy atom. The molecule has 72 valence electrons. The lowest BCUT2D eigenvalue weighted by Crippen LogP contribution is -2.27. The number of thiophene rings is 1. The van der Waals surface area contributed by atoms with Gasteiger partial charge in [-0.15, -0.1) is 24.0 Å². The second kappa shape index (κ2) is 3.47. The molecular formula is C8H7BO3S2. The van der Waals surface area contributed by atoms with E-state index in [-0.39, 0.29) is 5.75 Å². The second-order valence-corrected chi connectivity index (χ2v) is 4.37. The number of hydrogen-bond acceptors (Lipinski definition) is 5. The zero-order chi connectivity index (χ0) is 10.3. The van der Waals surface area contributed by atoms with Crippen molar-refractivity contribution in [3.8, 4) is 5.75 Å². The van der Waals surface area contributed by atoms with E-state index in [1.54, 1.807) is 18.2 Å². The molecule has 3 N–H and O–H groups in total. The standard InChI is InChI=1S/C8H7BO3S2/c10-4-2-1-3-5-6(4)7(13)8(14-5)9(11)12/h1-3,10-13H. The highest BCUT2D eigenvalue weighted by atomic mass is 32.1. The van der Waals surface area contributed by atoms with Crippen molar-refractivity contribution in [1.82, 2.24) is 0 Å². The molecule has 0 bridgehead atoms. The van der Waals surface area contributed by atoms with Crippen LogP contribution in [-0.2, 0) is 0 Å². The molecule has 0 aliphatic rings. The van der Waals surface area contributed by atoms with Gasteiger partial charge in [0.15, 0.2) is 0 Å². The molecule has 0 amide bonds. The maximum Gasteiger partial charge on any atom is 0.500 e. The van der Waals surface area contributed by atoms with Crippen molar-refractivity contribution >= 4 is 45.9 Å². The average molecular weight is 226 g/mol. The van der Waals surface area contributed by atoms with Crippen LogP contribution in [0.1, 0.15) is 0 Å². The molecule has 0 aliphatic heterocycles. The number of thiol groups is 1. The van der Waals surface area contributed by atoms with Gasteiger partial charge in [0, 0.05) is 19.8 Å². The Labute approximate surface area is 90.2 Å². The summed E-state index contributed by atoms with van der Waals surface area (Å²) in [5.74, 6) is 0.107. The van der Waals surface area contributed by atoms with Crippen molar-refractivity contribution in [3.63, 3.8) is 0 Å². The van der Waals surface area contributed by atoms with E-state index in [2.05, 4.69) is 12.6 Å². The molecule has 0 aliphatic carbocycles. The Kier molecular flexibility index (Phi) is 2.44.